The predicted molar refractivity (Wildman–Crippen MR) is 47.4 cm³/mol. The Hall–Kier alpha value is -1.16. The van der Waals surface area contributed by atoms with Crippen molar-refractivity contribution in [1.82, 2.24) is 0 Å². The van der Waals surface area contributed by atoms with Crippen LogP contribution in [-0.4, -0.2) is 4.92 Å². The molecule has 0 aliphatic carbocycles. The average Bonchev–Trinajstić information content (AvgIpc) is 2.03. The zero-order valence-corrected chi connectivity index (χ0v) is 7.64. The van der Waals surface area contributed by atoms with Gasteiger partial charge in [-0.1, -0.05) is 18.5 Å². The van der Waals surface area contributed by atoms with Crippen molar-refractivity contribution in [2.24, 2.45) is 0 Å². The highest BCUT2D eigenvalue weighted by Gasteiger charge is 2.16. The first-order chi connectivity index (χ1) is 6.06. The molecule has 0 atom stereocenters. The topological polar surface area (TPSA) is 43.1 Å². The lowest BCUT2D eigenvalue weighted by atomic mass is 10.1. The van der Waals surface area contributed by atoms with Crippen LogP contribution in [0.15, 0.2) is 12.1 Å². The van der Waals surface area contributed by atoms with Gasteiger partial charge in [0, 0.05) is 11.1 Å². The molecule has 0 unspecified atom stereocenters. The minimum absolute atomic E-state index is 0.227. The first-order valence-corrected chi connectivity index (χ1v) is 4.06. The minimum atomic E-state index is -0.896. The van der Waals surface area contributed by atoms with E-state index in [1.807, 2.05) is 0 Å². The molecular formula is C8H7ClFNO2. The molecule has 70 valence electrons. The Bertz CT molecular complexity index is 354. The molecule has 0 aliphatic rings. The Labute approximate surface area is 79.3 Å². The first-order valence-electron chi connectivity index (χ1n) is 3.68. The molecule has 13 heavy (non-hydrogen) atoms. The van der Waals surface area contributed by atoms with Gasteiger partial charge in [0.2, 0.25) is 5.82 Å². The fourth-order valence-electron chi connectivity index (χ4n) is 0.992. The molecule has 0 saturated heterocycles. The molecule has 0 aromatic heterocycles. The van der Waals surface area contributed by atoms with Crippen molar-refractivity contribution in [2.45, 2.75) is 13.3 Å². The molecular weight excluding hydrogens is 197 g/mol. The largest absolute Gasteiger partial charge is 0.305 e. The molecule has 0 bridgehead atoms. The Morgan fingerprint density at radius 3 is 2.69 bits per heavy atom. The molecule has 0 spiro atoms. The second-order valence-corrected chi connectivity index (χ2v) is 2.91. The number of hydrogen-bond acceptors (Lipinski definition) is 2. The maximum atomic E-state index is 12.9. The summed E-state index contributed by atoms with van der Waals surface area (Å²) in [5.74, 6) is -0.896. The number of halogens is 2. The monoisotopic (exact) mass is 203 g/mol. The fourth-order valence-corrected chi connectivity index (χ4v) is 1.28. The number of benzene rings is 1. The molecule has 1 rings (SSSR count). The molecule has 0 saturated carbocycles. The van der Waals surface area contributed by atoms with Crippen LogP contribution in [0.25, 0.3) is 0 Å². The highest BCUT2D eigenvalue weighted by atomic mass is 35.5. The molecule has 0 amide bonds. The first kappa shape index (κ1) is 9.92. The van der Waals surface area contributed by atoms with Gasteiger partial charge in [-0.05, 0) is 18.1 Å². The van der Waals surface area contributed by atoms with Crippen LogP contribution >= 0.6 is 11.6 Å². The van der Waals surface area contributed by atoms with Gasteiger partial charge in [0.25, 0.3) is 0 Å². The van der Waals surface area contributed by atoms with Crippen LogP contribution in [0.3, 0.4) is 0 Å². The number of rotatable bonds is 2. The fraction of sp³-hybridized carbons (Fsp3) is 0.250. The van der Waals surface area contributed by atoms with E-state index in [1.165, 1.54) is 0 Å². The van der Waals surface area contributed by atoms with Crippen LogP contribution in [0.4, 0.5) is 10.1 Å². The lowest BCUT2D eigenvalue weighted by Crippen LogP contribution is -1.95. The normalized spacial score (nSPS) is 10.1. The quantitative estimate of drug-likeness (QED) is 0.548. The summed E-state index contributed by atoms with van der Waals surface area (Å²) < 4.78 is 12.9. The summed E-state index contributed by atoms with van der Waals surface area (Å²) in [7, 11) is 0. The van der Waals surface area contributed by atoms with E-state index in [1.54, 1.807) is 6.92 Å². The van der Waals surface area contributed by atoms with E-state index in [2.05, 4.69) is 0 Å². The van der Waals surface area contributed by atoms with Gasteiger partial charge in [0.05, 0.1) is 4.92 Å². The Morgan fingerprint density at radius 1 is 1.62 bits per heavy atom. The molecule has 0 N–H and O–H groups in total. The van der Waals surface area contributed by atoms with E-state index < -0.39 is 16.4 Å². The van der Waals surface area contributed by atoms with Crippen LogP contribution in [0.5, 0.6) is 0 Å². The van der Waals surface area contributed by atoms with Crippen molar-refractivity contribution in [3.8, 4) is 0 Å². The smallest absolute Gasteiger partial charge is 0.258 e. The number of nitrogens with zero attached hydrogens (tertiary/aromatic N) is 1. The summed E-state index contributed by atoms with van der Waals surface area (Å²) >= 11 is 5.64. The van der Waals surface area contributed by atoms with Crippen LogP contribution in [0.1, 0.15) is 12.5 Å². The molecule has 0 heterocycles. The SMILES string of the molecule is CCc1cc([N+](=O)[O-])c(F)cc1Cl. The summed E-state index contributed by atoms with van der Waals surface area (Å²) in [5, 5.41) is 10.6. The van der Waals surface area contributed by atoms with Crippen molar-refractivity contribution < 1.29 is 9.31 Å². The number of nitro benzene ring substituents is 1. The summed E-state index contributed by atoms with van der Waals surface area (Å²) in [6, 6.07) is 2.14. The second-order valence-electron chi connectivity index (χ2n) is 2.51. The summed E-state index contributed by atoms with van der Waals surface area (Å²) in [6.07, 6.45) is 0.542. The Morgan fingerprint density at radius 2 is 2.23 bits per heavy atom. The molecule has 1 aromatic carbocycles. The lowest BCUT2D eigenvalue weighted by Gasteiger charge is -2.00. The predicted octanol–water partition coefficient (Wildman–Crippen LogP) is 2.95. The highest BCUT2D eigenvalue weighted by Crippen LogP contribution is 2.25. The van der Waals surface area contributed by atoms with Crippen LogP contribution < -0.4 is 0 Å². The van der Waals surface area contributed by atoms with Gasteiger partial charge in [-0.25, -0.2) is 0 Å². The summed E-state index contributed by atoms with van der Waals surface area (Å²) in [4.78, 5) is 9.56. The third kappa shape index (κ3) is 1.95. The standard InChI is InChI=1S/C8H7ClFNO2/c1-2-5-3-8(11(12)13)7(10)4-6(5)9/h3-4H,2H2,1H3. The Balaban J connectivity index is 3.30. The molecule has 5 heteroatoms. The molecule has 0 aliphatic heterocycles. The Kier molecular flexibility index (Phi) is 2.83. The summed E-state index contributed by atoms with van der Waals surface area (Å²) in [6.45, 7) is 1.79. The third-order valence-corrected chi connectivity index (χ3v) is 2.05. The van der Waals surface area contributed by atoms with Crippen LogP contribution in [0, 0.1) is 15.9 Å². The maximum absolute atomic E-state index is 12.9. The molecule has 1 aromatic rings. The minimum Gasteiger partial charge on any atom is -0.258 e. The zero-order chi connectivity index (χ0) is 10.0. The van der Waals surface area contributed by atoms with Crippen molar-refractivity contribution >= 4 is 17.3 Å². The van der Waals surface area contributed by atoms with Gasteiger partial charge in [-0.2, -0.15) is 4.39 Å². The van der Waals surface area contributed by atoms with E-state index in [4.69, 9.17) is 11.6 Å². The van der Waals surface area contributed by atoms with E-state index in [0.29, 0.717) is 12.0 Å². The van der Waals surface area contributed by atoms with Crippen LogP contribution in [0.2, 0.25) is 5.02 Å². The van der Waals surface area contributed by atoms with Crippen molar-refractivity contribution in [2.75, 3.05) is 0 Å². The van der Waals surface area contributed by atoms with Crippen molar-refractivity contribution in [1.29, 1.82) is 0 Å². The van der Waals surface area contributed by atoms with Gasteiger partial charge in [-0.15, -0.1) is 0 Å². The van der Waals surface area contributed by atoms with E-state index >= 15 is 0 Å². The second kappa shape index (κ2) is 3.70. The highest BCUT2D eigenvalue weighted by molar-refractivity contribution is 6.31. The molecule has 0 radical (unpaired) electrons. The van der Waals surface area contributed by atoms with E-state index in [9.17, 15) is 14.5 Å². The van der Waals surface area contributed by atoms with Crippen molar-refractivity contribution in [3.63, 3.8) is 0 Å². The van der Waals surface area contributed by atoms with Crippen molar-refractivity contribution in [3.05, 3.63) is 38.7 Å². The maximum Gasteiger partial charge on any atom is 0.305 e. The summed E-state index contributed by atoms with van der Waals surface area (Å²) in [5.41, 5.74) is 0.0519. The van der Waals surface area contributed by atoms with Gasteiger partial charge >= 0.3 is 5.69 Å². The third-order valence-electron chi connectivity index (χ3n) is 1.69. The lowest BCUT2D eigenvalue weighted by molar-refractivity contribution is -0.387. The number of aryl methyl sites for hydroxylation is 1. The van der Waals surface area contributed by atoms with Gasteiger partial charge in [0.1, 0.15) is 0 Å². The van der Waals surface area contributed by atoms with Gasteiger partial charge in [-0.3, -0.25) is 10.1 Å². The molecule has 3 nitrogen and oxygen atoms in total. The van der Waals surface area contributed by atoms with E-state index in [-0.39, 0.29) is 5.02 Å². The number of hydrogen-bond donors (Lipinski definition) is 0. The van der Waals surface area contributed by atoms with Crippen LogP contribution in [-0.2, 0) is 6.42 Å². The zero-order valence-electron chi connectivity index (χ0n) is 6.88. The number of nitro groups is 1. The van der Waals surface area contributed by atoms with E-state index in [0.717, 1.165) is 12.1 Å². The van der Waals surface area contributed by atoms with Gasteiger partial charge in [0.15, 0.2) is 0 Å². The van der Waals surface area contributed by atoms with Gasteiger partial charge < -0.3 is 0 Å². The average molecular weight is 204 g/mol. The molecule has 0 fully saturated rings.